The molecule has 1 fully saturated rings. The number of hydrogen-bond acceptors (Lipinski definition) is 4. The first kappa shape index (κ1) is 18.5. The molecule has 0 aliphatic carbocycles. The average molecular weight is 303 g/mol. The van der Waals surface area contributed by atoms with Crippen LogP contribution in [0.2, 0.25) is 0 Å². The van der Waals surface area contributed by atoms with Crippen LogP contribution in [0.4, 0.5) is 0 Å². The van der Waals surface area contributed by atoms with Crippen LogP contribution in [0.25, 0.3) is 0 Å². The van der Waals surface area contributed by atoms with Crippen molar-refractivity contribution in [3.8, 4) is 6.19 Å². The lowest BCUT2D eigenvalue weighted by Crippen LogP contribution is -2.42. The lowest BCUT2D eigenvalue weighted by atomic mass is 10.1. The number of halogens is 1. The molecule has 1 heterocycles. The number of hydrogen-bond donors (Lipinski definition) is 3. The summed E-state index contributed by atoms with van der Waals surface area (Å²) in [6.45, 7) is 2.21. The number of nitrogens with one attached hydrogen (secondary N) is 1. The summed E-state index contributed by atoms with van der Waals surface area (Å²) in [4.78, 5) is 17.7. The molecule has 0 aromatic heterocycles. The highest BCUT2D eigenvalue weighted by molar-refractivity contribution is 5.85. The summed E-state index contributed by atoms with van der Waals surface area (Å²) in [5.41, 5.74) is 11.3. The minimum Gasteiger partial charge on any atom is -0.369 e. The Kier molecular flexibility index (Phi) is 9.51. The number of nitrogens with zero attached hydrogens (tertiary/aromatic N) is 3. The number of aliphatic imine (C=N–C) groups is 1. The molecule has 0 unspecified atom stereocenters. The molecular weight excluding hydrogens is 280 g/mol. The SMILES string of the molecule is Cl.N#CNC(N)=NCCCC[C@H](N)C(=O)N1CCCC1. The molecule has 1 atom stereocenters. The number of carbonyl (C=O) groups excluding carboxylic acids is 1. The molecule has 1 saturated heterocycles. The number of unbranched alkanes of at least 4 members (excludes halogenated alkanes) is 1. The van der Waals surface area contributed by atoms with Gasteiger partial charge in [0.25, 0.3) is 0 Å². The maximum atomic E-state index is 11.9. The molecule has 0 spiro atoms. The molecule has 114 valence electrons. The number of amides is 1. The van der Waals surface area contributed by atoms with Gasteiger partial charge in [0, 0.05) is 19.6 Å². The van der Waals surface area contributed by atoms with Gasteiger partial charge in [-0.25, -0.2) is 0 Å². The van der Waals surface area contributed by atoms with E-state index in [1.165, 1.54) is 0 Å². The van der Waals surface area contributed by atoms with E-state index in [1.54, 1.807) is 6.19 Å². The molecule has 0 radical (unpaired) electrons. The van der Waals surface area contributed by atoms with Gasteiger partial charge in [0.05, 0.1) is 6.04 Å². The van der Waals surface area contributed by atoms with Gasteiger partial charge in [0.1, 0.15) is 0 Å². The van der Waals surface area contributed by atoms with E-state index >= 15 is 0 Å². The Labute approximate surface area is 125 Å². The van der Waals surface area contributed by atoms with Gasteiger partial charge < -0.3 is 16.4 Å². The first-order valence-electron chi connectivity index (χ1n) is 6.64. The minimum absolute atomic E-state index is 0. The number of rotatable bonds is 6. The van der Waals surface area contributed by atoms with Crippen molar-refractivity contribution in [2.24, 2.45) is 16.5 Å². The fraction of sp³-hybridized carbons (Fsp3) is 0.750. The number of nitriles is 1. The lowest BCUT2D eigenvalue weighted by molar-refractivity contribution is -0.131. The first-order valence-corrected chi connectivity index (χ1v) is 6.64. The summed E-state index contributed by atoms with van der Waals surface area (Å²) < 4.78 is 0. The standard InChI is InChI=1S/C12H22N6O.ClH/c13-9-17-12(15)16-6-2-1-5-10(14)11(19)18-7-3-4-8-18;/h10H,1-8,14H2,(H3,15,16,17);1H/t10-;/m0./s1. The molecule has 0 aromatic carbocycles. The third kappa shape index (κ3) is 6.59. The monoisotopic (exact) mass is 302 g/mol. The predicted molar refractivity (Wildman–Crippen MR) is 80.1 cm³/mol. The van der Waals surface area contributed by atoms with Gasteiger partial charge in [-0.05, 0) is 32.1 Å². The molecule has 1 aliphatic rings. The maximum absolute atomic E-state index is 11.9. The van der Waals surface area contributed by atoms with Crippen molar-refractivity contribution < 1.29 is 4.79 Å². The second-order valence-corrected chi connectivity index (χ2v) is 4.64. The van der Waals surface area contributed by atoms with E-state index in [0.717, 1.165) is 38.8 Å². The van der Waals surface area contributed by atoms with Crippen LogP contribution in [0.15, 0.2) is 4.99 Å². The third-order valence-electron chi connectivity index (χ3n) is 3.12. The zero-order valence-electron chi connectivity index (χ0n) is 11.5. The van der Waals surface area contributed by atoms with Crippen LogP contribution in [0.5, 0.6) is 0 Å². The molecule has 0 bridgehead atoms. The Balaban J connectivity index is 0.00000361. The molecule has 1 rings (SSSR count). The fourth-order valence-corrected chi connectivity index (χ4v) is 2.07. The topological polar surface area (TPSA) is 121 Å². The van der Waals surface area contributed by atoms with Crippen molar-refractivity contribution >= 4 is 24.3 Å². The smallest absolute Gasteiger partial charge is 0.239 e. The second-order valence-electron chi connectivity index (χ2n) is 4.64. The lowest BCUT2D eigenvalue weighted by Gasteiger charge is -2.19. The van der Waals surface area contributed by atoms with Gasteiger partial charge in [-0.2, -0.15) is 5.26 Å². The Morgan fingerprint density at radius 3 is 2.65 bits per heavy atom. The van der Waals surface area contributed by atoms with E-state index in [4.69, 9.17) is 16.7 Å². The van der Waals surface area contributed by atoms with E-state index in [1.807, 2.05) is 4.90 Å². The molecule has 20 heavy (non-hydrogen) atoms. The predicted octanol–water partition coefficient (Wildman–Crippen LogP) is -0.0864. The Hall–Kier alpha value is -1.52. The van der Waals surface area contributed by atoms with Crippen LogP contribution in [-0.2, 0) is 4.79 Å². The second kappa shape index (κ2) is 10.3. The zero-order chi connectivity index (χ0) is 14.1. The third-order valence-corrected chi connectivity index (χ3v) is 3.12. The summed E-state index contributed by atoms with van der Waals surface area (Å²) in [6.07, 6.45) is 6.15. The van der Waals surface area contributed by atoms with Crippen LogP contribution in [0.3, 0.4) is 0 Å². The largest absolute Gasteiger partial charge is 0.369 e. The van der Waals surface area contributed by atoms with Gasteiger partial charge in [0.15, 0.2) is 6.19 Å². The van der Waals surface area contributed by atoms with Gasteiger partial charge in [-0.1, -0.05) is 0 Å². The van der Waals surface area contributed by atoms with Crippen molar-refractivity contribution in [1.29, 1.82) is 5.26 Å². The van der Waals surface area contributed by atoms with E-state index in [2.05, 4.69) is 10.3 Å². The molecule has 7 nitrogen and oxygen atoms in total. The van der Waals surface area contributed by atoms with Crippen LogP contribution >= 0.6 is 12.4 Å². The number of carbonyl (C=O) groups is 1. The van der Waals surface area contributed by atoms with Gasteiger partial charge in [-0.3, -0.25) is 15.1 Å². The van der Waals surface area contributed by atoms with E-state index in [9.17, 15) is 4.79 Å². The molecule has 8 heteroatoms. The first-order chi connectivity index (χ1) is 9.15. The number of nitrogens with two attached hydrogens (primary N) is 2. The highest BCUT2D eigenvalue weighted by Gasteiger charge is 2.22. The summed E-state index contributed by atoms with van der Waals surface area (Å²) >= 11 is 0. The Morgan fingerprint density at radius 1 is 1.40 bits per heavy atom. The summed E-state index contributed by atoms with van der Waals surface area (Å²) in [5.74, 6) is 0.187. The molecule has 5 N–H and O–H groups in total. The van der Waals surface area contributed by atoms with Crippen LogP contribution < -0.4 is 16.8 Å². The quantitative estimate of drug-likeness (QED) is 0.208. The van der Waals surface area contributed by atoms with Crippen LogP contribution in [0, 0.1) is 11.5 Å². The van der Waals surface area contributed by atoms with E-state index in [-0.39, 0.29) is 24.3 Å². The van der Waals surface area contributed by atoms with Crippen molar-refractivity contribution in [2.75, 3.05) is 19.6 Å². The number of likely N-dealkylation sites (tertiary alicyclic amines) is 1. The summed E-state index contributed by atoms with van der Waals surface area (Å²) in [7, 11) is 0. The van der Waals surface area contributed by atoms with Gasteiger partial charge in [-0.15, -0.1) is 12.4 Å². The van der Waals surface area contributed by atoms with E-state index < -0.39 is 6.04 Å². The highest BCUT2D eigenvalue weighted by Crippen LogP contribution is 2.10. The Morgan fingerprint density at radius 2 is 2.05 bits per heavy atom. The fourth-order valence-electron chi connectivity index (χ4n) is 2.07. The van der Waals surface area contributed by atoms with Gasteiger partial charge in [0.2, 0.25) is 11.9 Å². The minimum atomic E-state index is -0.406. The van der Waals surface area contributed by atoms with Crippen molar-refractivity contribution in [1.82, 2.24) is 10.2 Å². The van der Waals surface area contributed by atoms with Crippen LogP contribution in [-0.4, -0.2) is 42.4 Å². The Bertz CT molecular complexity index is 361. The molecule has 0 saturated carbocycles. The molecule has 1 amide bonds. The van der Waals surface area contributed by atoms with Gasteiger partial charge >= 0.3 is 0 Å². The zero-order valence-corrected chi connectivity index (χ0v) is 12.4. The normalized spacial score (nSPS) is 16.2. The molecule has 1 aliphatic heterocycles. The summed E-state index contributed by atoms with van der Waals surface area (Å²) in [5, 5.41) is 10.5. The molecule has 0 aromatic rings. The molecular formula is C12H23ClN6O. The number of guanidine groups is 1. The highest BCUT2D eigenvalue weighted by atomic mass is 35.5. The van der Waals surface area contributed by atoms with Crippen LogP contribution in [0.1, 0.15) is 32.1 Å². The average Bonchev–Trinajstić information content (AvgIpc) is 2.91. The van der Waals surface area contributed by atoms with Crippen molar-refractivity contribution in [3.05, 3.63) is 0 Å². The summed E-state index contributed by atoms with van der Waals surface area (Å²) in [6, 6.07) is -0.406. The van der Waals surface area contributed by atoms with E-state index in [0.29, 0.717) is 13.0 Å². The maximum Gasteiger partial charge on any atom is 0.239 e. The van der Waals surface area contributed by atoms with Crippen molar-refractivity contribution in [2.45, 2.75) is 38.1 Å². The van der Waals surface area contributed by atoms with Crippen molar-refractivity contribution in [3.63, 3.8) is 0 Å².